The van der Waals surface area contributed by atoms with Crippen LogP contribution in [0.15, 0.2) is 85.2 Å². The van der Waals surface area contributed by atoms with Crippen molar-refractivity contribution in [3.63, 3.8) is 0 Å². The van der Waals surface area contributed by atoms with Gasteiger partial charge in [-0.1, -0.05) is 47.5 Å². The van der Waals surface area contributed by atoms with Gasteiger partial charge in [0.25, 0.3) is 0 Å². The first-order chi connectivity index (χ1) is 16.0. The molecule has 2 unspecified atom stereocenters. The monoisotopic (exact) mass is 474 g/mol. The van der Waals surface area contributed by atoms with E-state index in [-0.39, 0.29) is 11.5 Å². The third kappa shape index (κ3) is 4.13. The molecule has 2 atom stereocenters. The number of halogens is 2. The number of hydrogen-bond donors (Lipinski definition) is 0. The number of rotatable bonds is 4. The minimum absolute atomic E-state index is 0.271. The molecule has 1 aliphatic heterocycles. The summed E-state index contributed by atoms with van der Waals surface area (Å²) in [4.78, 5) is 35.4. The van der Waals surface area contributed by atoms with Crippen LogP contribution in [0.25, 0.3) is 11.4 Å². The zero-order valence-corrected chi connectivity index (χ0v) is 18.6. The van der Waals surface area contributed by atoms with Crippen LogP contribution in [0.4, 0.5) is 0 Å². The Bertz CT molecular complexity index is 1340. The largest absolute Gasteiger partial charge is 0.425 e. The molecule has 7 heteroatoms. The fourth-order valence-electron chi connectivity index (χ4n) is 3.99. The maximum atomic E-state index is 13.4. The lowest BCUT2D eigenvalue weighted by Gasteiger charge is -2.29. The van der Waals surface area contributed by atoms with Crippen molar-refractivity contribution < 1.29 is 14.3 Å². The van der Waals surface area contributed by atoms with Gasteiger partial charge in [-0.3, -0.25) is 9.59 Å². The molecule has 0 radical (unpaired) electrons. The summed E-state index contributed by atoms with van der Waals surface area (Å²) in [5, 5.41) is 1.17. The lowest BCUT2D eigenvalue weighted by Crippen LogP contribution is -2.38. The number of ether oxygens (including phenoxy) is 1. The lowest BCUT2D eigenvalue weighted by molar-refractivity contribution is -0.138. The average Bonchev–Trinajstić information content (AvgIpc) is 2.83. The van der Waals surface area contributed by atoms with Gasteiger partial charge < -0.3 is 4.74 Å². The highest BCUT2D eigenvalue weighted by molar-refractivity contribution is 6.30. The van der Waals surface area contributed by atoms with Gasteiger partial charge in [0.15, 0.2) is 11.6 Å². The van der Waals surface area contributed by atoms with Gasteiger partial charge in [-0.05, 0) is 59.7 Å². The van der Waals surface area contributed by atoms with E-state index in [1.807, 2.05) is 12.1 Å². The third-order valence-corrected chi connectivity index (χ3v) is 6.10. The molecule has 5 rings (SSSR count). The number of nitrogens with zero attached hydrogens (tertiary/aromatic N) is 2. The van der Waals surface area contributed by atoms with Gasteiger partial charge in [-0.25, -0.2) is 9.97 Å². The summed E-state index contributed by atoms with van der Waals surface area (Å²) in [7, 11) is 0. The third-order valence-electron chi connectivity index (χ3n) is 5.60. The predicted octanol–water partition coefficient (Wildman–Crippen LogP) is 6.00. The topological polar surface area (TPSA) is 69.2 Å². The molecule has 0 bridgehead atoms. The second kappa shape index (κ2) is 8.77. The van der Waals surface area contributed by atoms with Crippen molar-refractivity contribution in [3.8, 4) is 17.1 Å². The molecule has 162 valence electrons. The molecule has 0 amide bonds. The van der Waals surface area contributed by atoms with Crippen molar-refractivity contribution in [1.29, 1.82) is 0 Å². The van der Waals surface area contributed by atoms with Gasteiger partial charge in [0.2, 0.25) is 0 Å². The van der Waals surface area contributed by atoms with Crippen LogP contribution in [0, 0.1) is 5.92 Å². The van der Waals surface area contributed by atoms with Crippen molar-refractivity contribution in [2.45, 2.75) is 5.92 Å². The predicted molar refractivity (Wildman–Crippen MR) is 126 cm³/mol. The zero-order chi connectivity index (χ0) is 22.9. The van der Waals surface area contributed by atoms with Crippen molar-refractivity contribution in [2.75, 3.05) is 0 Å². The van der Waals surface area contributed by atoms with Crippen LogP contribution >= 0.6 is 23.2 Å². The number of benzene rings is 3. The highest BCUT2D eigenvalue weighted by atomic mass is 35.5. The summed E-state index contributed by atoms with van der Waals surface area (Å²) in [5.74, 6) is -1.86. The molecule has 0 saturated carbocycles. The number of Topliss-reactive ketones (excluding diaryl/α,β-unsaturated/α-hetero) is 1. The van der Waals surface area contributed by atoms with E-state index in [1.165, 1.54) is 0 Å². The van der Waals surface area contributed by atoms with E-state index in [0.29, 0.717) is 27.0 Å². The number of esters is 1. The van der Waals surface area contributed by atoms with E-state index in [0.717, 1.165) is 11.1 Å². The Morgan fingerprint density at radius 2 is 1.36 bits per heavy atom. The van der Waals surface area contributed by atoms with Gasteiger partial charge in [0.05, 0.1) is 5.56 Å². The molecule has 2 heterocycles. The van der Waals surface area contributed by atoms with Gasteiger partial charge in [0.1, 0.15) is 11.7 Å². The molecule has 0 spiro atoms. The molecule has 0 aliphatic carbocycles. The molecule has 1 aromatic heterocycles. The quantitative estimate of drug-likeness (QED) is 0.206. The minimum Gasteiger partial charge on any atom is -0.425 e. The lowest BCUT2D eigenvalue weighted by atomic mass is 9.77. The summed E-state index contributed by atoms with van der Waals surface area (Å²) in [6.07, 6.45) is 3.27. The fourth-order valence-corrected chi connectivity index (χ4v) is 4.24. The summed E-state index contributed by atoms with van der Waals surface area (Å²) >= 11 is 12.0. The molecular formula is C26H16Cl2N2O3. The first-order valence-electron chi connectivity index (χ1n) is 10.2. The SMILES string of the molecule is O=C1Oc2ccccc2C(=O)C1C(c1ccc(Cl)cc1)c1cnc(-c2ccc(Cl)cc2)nc1. The number of hydrogen-bond acceptors (Lipinski definition) is 5. The molecule has 5 nitrogen and oxygen atoms in total. The summed E-state index contributed by atoms with van der Waals surface area (Å²) < 4.78 is 5.53. The number of fused-ring (bicyclic) bond motifs is 1. The van der Waals surface area contributed by atoms with E-state index >= 15 is 0 Å². The highest BCUT2D eigenvalue weighted by Gasteiger charge is 2.43. The Balaban J connectivity index is 1.58. The van der Waals surface area contributed by atoms with Crippen LogP contribution in [-0.2, 0) is 4.79 Å². The fraction of sp³-hybridized carbons (Fsp3) is 0.0769. The van der Waals surface area contributed by atoms with Crippen LogP contribution in [0.2, 0.25) is 10.0 Å². The van der Waals surface area contributed by atoms with E-state index in [4.69, 9.17) is 27.9 Å². The summed E-state index contributed by atoms with van der Waals surface area (Å²) in [5.41, 5.74) is 2.53. The number of para-hydroxylation sites is 1. The van der Waals surface area contributed by atoms with Crippen molar-refractivity contribution in [3.05, 3.63) is 112 Å². The molecule has 1 aliphatic rings. The van der Waals surface area contributed by atoms with Crippen LogP contribution in [0.5, 0.6) is 5.75 Å². The summed E-state index contributed by atoms with van der Waals surface area (Å²) in [6.45, 7) is 0. The minimum atomic E-state index is -1.08. The molecule has 3 aromatic carbocycles. The number of carbonyl (C=O) groups is 2. The van der Waals surface area contributed by atoms with Gasteiger partial charge in [0, 0.05) is 33.9 Å². The Morgan fingerprint density at radius 1 is 0.758 bits per heavy atom. The van der Waals surface area contributed by atoms with Crippen LogP contribution in [0.3, 0.4) is 0 Å². The number of aromatic nitrogens is 2. The Labute approximate surface area is 200 Å². The molecule has 0 N–H and O–H groups in total. The van der Waals surface area contributed by atoms with Crippen molar-refractivity contribution in [1.82, 2.24) is 9.97 Å². The van der Waals surface area contributed by atoms with Crippen LogP contribution in [0.1, 0.15) is 27.4 Å². The molecule has 0 fully saturated rings. The van der Waals surface area contributed by atoms with E-state index in [2.05, 4.69) is 9.97 Å². The molecule has 0 saturated heterocycles. The summed E-state index contributed by atoms with van der Waals surface area (Å²) in [6, 6.07) is 20.9. The highest BCUT2D eigenvalue weighted by Crippen LogP contribution is 2.39. The Hall–Kier alpha value is -3.54. The molecule has 33 heavy (non-hydrogen) atoms. The first-order valence-corrected chi connectivity index (χ1v) is 10.9. The maximum absolute atomic E-state index is 13.4. The maximum Gasteiger partial charge on any atom is 0.323 e. The van der Waals surface area contributed by atoms with E-state index in [1.54, 1.807) is 73.1 Å². The normalized spacial score (nSPS) is 16.1. The van der Waals surface area contributed by atoms with Gasteiger partial charge >= 0.3 is 5.97 Å². The number of carbonyl (C=O) groups excluding carboxylic acids is 2. The smallest absolute Gasteiger partial charge is 0.323 e. The molecular weight excluding hydrogens is 459 g/mol. The van der Waals surface area contributed by atoms with Crippen molar-refractivity contribution in [2.24, 2.45) is 5.92 Å². The first kappa shape index (κ1) is 21.3. The van der Waals surface area contributed by atoms with E-state index in [9.17, 15) is 9.59 Å². The standard InChI is InChI=1S/C26H16Cl2N2O3/c27-18-9-5-15(6-10-18)22(23-24(31)20-3-1-2-4-21(20)33-26(23)32)17-13-29-25(30-14-17)16-7-11-19(28)12-8-16/h1-14,22-23H. The van der Waals surface area contributed by atoms with Crippen molar-refractivity contribution >= 4 is 35.0 Å². The second-order valence-electron chi connectivity index (χ2n) is 7.64. The Kier molecular flexibility index (Phi) is 5.67. The zero-order valence-electron chi connectivity index (χ0n) is 17.1. The molecule has 4 aromatic rings. The average molecular weight is 475 g/mol. The van der Waals surface area contributed by atoms with Crippen LogP contribution in [-0.4, -0.2) is 21.7 Å². The Morgan fingerprint density at radius 3 is 2.03 bits per heavy atom. The van der Waals surface area contributed by atoms with Gasteiger partial charge in [-0.15, -0.1) is 0 Å². The van der Waals surface area contributed by atoms with Gasteiger partial charge in [-0.2, -0.15) is 0 Å². The number of ketones is 1. The second-order valence-corrected chi connectivity index (χ2v) is 8.51. The van der Waals surface area contributed by atoms with E-state index < -0.39 is 17.8 Å². The van der Waals surface area contributed by atoms with Crippen LogP contribution < -0.4 is 4.74 Å².